The Hall–Kier alpha value is -1.39. The van der Waals surface area contributed by atoms with Crippen LogP contribution in [0.4, 0.5) is 0 Å². The number of benzene rings is 1. The summed E-state index contributed by atoms with van der Waals surface area (Å²) in [5, 5.41) is 9.57. The maximum Gasteiger partial charge on any atom is 0.302 e. The Morgan fingerprint density at radius 3 is 2.43 bits per heavy atom. The van der Waals surface area contributed by atoms with Crippen LogP contribution in [0.25, 0.3) is 0 Å². The van der Waals surface area contributed by atoms with Crippen molar-refractivity contribution in [2.75, 3.05) is 13.2 Å². The minimum atomic E-state index is -0.242. The van der Waals surface area contributed by atoms with E-state index in [2.05, 4.69) is 36.9 Å². The van der Waals surface area contributed by atoms with Gasteiger partial charge >= 0.3 is 5.97 Å². The first kappa shape index (κ1) is 16.0. The van der Waals surface area contributed by atoms with Crippen LogP contribution < -0.4 is 0 Å². The third kappa shape index (κ3) is 4.29. The van der Waals surface area contributed by atoms with Crippen molar-refractivity contribution >= 4 is 5.97 Å². The molecule has 2 rings (SSSR count). The SMILES string of the molecule is CC(=O)OC[C@H]1CC[C@H](CO)N1Cc1cc(C)cc(C)c1. The molecule has 1 aliphatic rings. The summed E-state index contributed by atoms with van der Waals surface area (Å²) < 4.78 is 5.17. The molecule has 1 N–H and O–H groups in total. The van der Waals surface area contributed by atoms with E-state index in [0.717, 1.165) is 19.4 Å². The zero-order valence-electron chi connectivity index (χ0n) is 13.1. The number of aliphatic hydroxyl groups excluding tert-OH is 1. The average molecular weight is 291 g/mol. The van der Waals surface area contributed by atoms with Crippen LogP contribution in [0.15, 0.2) is 18.2 Å². The van der Waals surface area contributed by atoms with Gasteiger partial charge in [-0.2, -0.15) is 0 Å². The molecule has 0 bridgehead atoms. The lowest BCUT2D eigenvalue weighted by atomic mass is 10.1. The Balaban J connectivity index is 2.10. The lowest BCUT2D eigenvalue weighted by Gasteiger charge is -2.29. The van der Waals surface area contributed by atoms with Gasteiger partial charge in [0, 0.05) is 25.6 Å². The van der Waals surface area contributed by atoms with Crippen molar-refractivity contribution in [2.45, 2.75) is 52.2 Å². The van der Waals surface area contributed by atoms with Gasteiger partial charge in [0.05, 0.1) is 6.61 Å². The number of ether oxygens (including phenoxy) is 1. The van der Waals surface area contributed by atoms with Gasteiger partial charge in [0.2, 0.25) is 0 Å². The van der Waals surface area contributed by atoms with Gasteiger partial charge in [0.25, 0.3) is 0 Å². The van der Waals surface area contributed by atoms with Crippen molar-refractivity contribution in [3.8, 4) is 0 Å². The van der Waals surface area contributed by atoms with Gasteiger partial charge in [0.15, 0.2) is 0 Å². The van der Waals surface area contributed by atoms with Crippen molar-refractivity contribution < 1.29 is 14.6 Å². The minimum Gasteiger partial charge on any atom is -0.464 e. The van der Waals surface area contributed by atoms with Crippen LogP contribution in [0.3, 0.4) is 0 Å². The van der Waals surface area contributed by atoms with Gasteiger partial charge in [-0.25, -0.2) is 0 Å². The van der Waals surface area contributed by atoms with E-state index >= 15 is 0 Å². The zero-order valence-corrected chi connectivity index (χ0v) is 13.1. The third-order valence-electron chi connectivity index (χ3n) is 4.11. The van der Waals surface area contributed by atoms with Gasteiger partial charge in [0.1, 0.15) is 6.61 Å². The predicted molar refractivity (Wildman–Crippen MR) is 82.0 cm³/mol. The molecule has 0 radical (unpaired) electrons. The Kier molecular flexibility index (Phi) is 5.37. The number of likely N-dealkylation sites (tertiary alicyclic amines) is 1. The van der Waals surface area contributed by atoms with Crippen molar-refractivity contribution in [1.29, 1.82) is 0 Å². The highest BCUT2D eigenvalue weighted by Gasteiger charge is 2.33. The number of rotatable bonds is 5. The number of carbonyl (C=O) groups excluding carboxylic acids is 1. The molecule has 4 nitrogen and oxygen atoms in total. The first-order chi connectivity index (χ1) is 9.99. The Morgan fingerprint density at radius 2 is 1.86 bits per heavy atom. The summed E-state index contributed by atoms with van der Waals surface area (Å²) in [6.07, 6.45) is 1.91. The molecule has 0 aliphatic carbocycles. The average Bonchev–Trinajstić information content (AvgIpc) is 2.77. The second kappa shape index (κ2) is 7.05. The molecule has 0 spiro atoms. The second-order valence-corrected chi connectivity index (χ2v) is 6.04. The first-order valence-electron chi connectivity index (χ1n) is 7.56. The number of aryl methyl sites for hydroxylation is 2. The Morgan fingerprint density at radius 1 is 1.24 bits per heavy atom. The monoisotopic (exact) mass is 291 g/mol. The summed E-state index contributed by atoms with van der Waals surface area (Å²) in [4.78, 5) is 13.3. The maximum absolute atomic E-state index is 11.0. The predicted octanol–water partition coefficient (Wildman–Crippen LogP) is 2.19. The van der Waals surface area contributed by atoms with Crippen LogP contribution >= 0.6 is 0 Å². The van der Waals surface area contributed by atoms with E-state index in [1.807, 2.05) is 0 Å². The number of esters is 1. The zero-order chi connectivity index (χ0) is 15.4. The smallest absolute Gasteiger partial charge is 0.302 e. The molecule has 0 amide bonds. The lowest BCUT2D eigenvalue weighted by Crippen LogP contribution is -2.40. The van der Waals surface area contributed by atoms with Gasteiger partial charge < -0.3 is 9.84 Å². The highest BCUT2D eigenvalue weighted by molar-refractivity contribution is 5.65. The number of carbonyl (C=O) groups is 1. The Bertz CT molecular complexity index is 481. The summed E-state index contributed by atoms with van der Waals surface area (Å²) in [5.41, 5.74) is 3.75. The number of nitrogens with zero attached hydrogens (tertiary/aromatic N) is 1. The van der Waals surface area contributed by atoms with E-state index in [1.165, 1.54) is 23.6 Å². The van der Waals surface area contributed by atoms with Crippen molar-refractivity contribution in [3.63, 3.8) is 0 Å². The third-order valence-corrected chi connectivity index (χ3v) is 4.11. The highest BCUT2D eigenvalue weighted by atomic mass is 16.5. The first-order valence-corrected chi connectivity index (χ1v) is 7.56. The van der Waals surface area contributed by atoms with E-state index in [1.54, 1.807) is 0 Å². The van der Waals surface area contributed by atoms with Crippen LogP contribution in [0, 0.1) is 13.8 Å². The molecule has 116 valence electrons. The van der Waals surface area contributed by atoms with E-state index in [0.29, 0.717) is 6.61 Å². The van der Waals surface area contributed by atoms with Crippen molar-refractivity contribution in [3.05, 3.63) is 34.9 Å². The van der Waals surface area contributed by atoms with Crippen LogP contribution in [0.2, 0.25) is 0 Å². The fourth-order valence-electron chi connectivity index (χ4n) is 3.23. The number of hydrogen-bond donors (Lipinski definition) is 1. The molecule has 1 saturated heterocycles. The molecule has 0 unspecified atom stereocenters. The summed E-state index contributed by atoms with van der Waals surface area (Å²) >= 11 is 0. The molecule has 1 fully saturated rings. The summed E-state index contributed by atoms with van der Waals surface area (Å²) in [7, 11) is 0. The van der Waals surface area contributed by atoms with Crippen LogP contribution in [0.5, 0.6) is 0 Å². The molecule has 1 aromatic carbocycles. The molecular weight excluding hydrogens is 266 g/mol. The van der Waals surface area contributed by atoms with E-state index in [-0.39, 0.29) is 24.7 Å². The fourth-order valence-corrected chi connectivity index (χ4v) is 3.23. The summed E-state index contributed by atoms with van der Waals surface area (Å²) in [6, 6.07) is 6.89. The molecule has 1 aliphatic heterocycles. The van der Waals surface area contributed by atoms with Gasteiger partial charge in [-0.15, -0.1) is 0 Å². The van der Waals surface area contributed by atoms with Gasteiger partial charge in [-0.1, -0.05) is 29.3 Å². The largest absolute Gasteiger partial charge is 0.464 e. The normalized spacial score (nSPS) is 22.5. The van der Waals surface area contributed by atoms with E-state index < -0.39 is 0 Å². The Labute approximate surface area is 126 Å². The van der Waals surface area contributed by atoms with Crippen LogP contribution in [-0.2, 0) is 16.1 Å². The second-order valence-electron chi connectivity index (χ2n) is 6.04. The summed E-state index contributed by atoms with van der Waals surface area (Å²) in [5.74, 6) is -0.242. The fraction of sp³-hybridized carbons (Fsp3) is 0.588. The maximum atomic E-state index is 11.0. The van der Waals surface area contributed by atoms with Crippen molar-refractivity contribution in [2.24, 2.45) is 0 Å². The summed E-state index contributed by atoms with van der Waals surface area (Å²) in [6.45, 7) is 6.99. The molecule has 2 atom stereocenters. The molecule has 0 aromatic heterocycles. The van der Waals surface area contributed by atoms with Crippen LogP contribution in [0.1, 0.15) is 36.5 Å². The molecule has 1 heterocycles. The molecule has 21 heavy (non-hydrogen) atoms. The highest BCUT2D eigenvalue weighted by Crippen LogP contribution is 2.27. The van der Waals surface area contributed by atoms with E-state index in [9.17, 15) is 9.90 Å². The molecule has 4 heteroatoms. The van der Waals surface area contributed by atoms with Crippen molar-refractivity contribution in [1.82, 2.24) is 4.90 Å². The molecular formula is C17H25NO3. The topological polar surface area (TPSA) is 49.8 Å². The van der Waals surface area contributed by atoms with Crippen LogP contribution in [-0.4, -0.2) is 41.3 Å². The number of hydrogen-bond acceptors (Lipinski definition) is 4. The lowest BCUT2D eigenvalue weighted by molar-refractivity contribution is -0.142. The van der Waals surface area contributed by atoms with Gasteiger partial charge in [-0.3, -0.25) is 9.69 Å². The molecule has 0 saturated carbocycles. The van der Waals surface area contributed by atoms with E-state index in [4.69, 9.17) is 4.74 Å². The van der Waals surface area contributed by atoms with Gasteiger partial charge in [-0.05, 0) is 32.3 Å². The quantitative estimate of drug-likeness (QED) is 0.845. The standard InChI is InChI=1S/C17H25NO3/c1-12-6-13(2)8-15(7-12)9-18-16(10-19)4-5-17(18)11-21-14(3)20/h6-8,16-17,19H,4-5,9-11H2,1-3H3/t16-,17-/m1/s1. The minimum absolute atomic E-state index is 0.154. The molecule has 1 aromatic rings. The number of aliphatic hydroxyl groups is 1.